The molecule has 1 heterocycles. The number of methoxy groups -OCH3 is 1. The van der Waals surface area contributed by atoms with Crippen LogP contribution in [0.4, 0.5) is 0 Å². The van der Waals surface area contributed by atoms with Crippen molar-refractivity contribution in [3.8, 4) is 0 Å². The number of carbonyl (C=O) groups excluding carboxylic acids is 1. The molecule has 1 saturated heterocycles. The summed E-state index contributed by atoms with van der Waals surface area (Å²) in [6, 6.07) is 6.67. The Labute approximate surface area is 153 Å². The van der Waals surface area contributed by atoms with Crippen LogP contribution in [0.15, 0.2) is 53.1 Å². The lowest BCUT2D eigenvalue weighted by molar-refractivity contribution is -0.163. The summed E-state index contributed by atoms with van der Waals surface area (Å²) in [6.07, 6.45) is 8.13. The lowest BCUT2D eigenvalue weighted by Gasteiger charge is -2.19. The van der Waals surface area contributed by atoms with Crippen LogP contribution >= 0.6 is 0 Å². The minimum absolute atomic E-state index is 0.114. The van der Waals surface area contributed by atoms with E-state index < -0.39 is 21.0 Å². The summed E-state index contributed by atoms with van der Waals surface area (Å²) < 4.78 is 30.9. The Kier molecular flexibility index (Phi) is 5.48. The molecule has 2 atom stereocenters. The Morgan fingerprint density at radius 1 is 1.19 bits per heavy atom. The van der Waals surface area contributed by atoms with Crippen molar-refractivity contribution in [2.45, 2.75) is 41.7 Å². The van der Waals surface area contributed by atoms with Crippen molar-refractivity contribution in [3.05, 3.63) is 53.8 Å². The van der Waals surface area contributed by atoms with Gasteiger partial charge in [0.05, 0.1) is 12.0 Å². The number of nitrogens with zero attached hydrogens (tertiary/aromatic N) is 1. The molecule has 6 nitrogen and oxygen atoms in total. The first kappa shape index (κ1) is 18.7. The van der Waals surface area contributed by atoms with E-state index in [1.165, 1.54) is 0 Å². The van der Waals surface area contributed by atoms with Gasteiger partial charge in [0.15, 0.2) is 9.84 Å². The highest BCUT2D eigenvalue weighted by atomic mass is 32.2. The number of allylic oxidation sites excluding steroid dienone is 3. The van der Waals surface area contributed by atoms with Gasteiger partial charge in [-0.3, -0.25) is 10.0 Å². The summed E-state index contributed by atoms with van der Waals surface area (Å²) in [5, 5.41) is 9.01. The van der Waals surface area contributed by atoms with Gasteiger partial charge in [0.1, 0.15) is 11.0 Å². The van der Waals surface area contributed by atoms with Crippen molar-refractivity contribution in [1.82, 2.24) is 5.06 Å². The fourth-order valence-electron chi connectivity index (χ4n) is 3.35. The van der Waals surface area contributed by atoms with E-state index >= 15 is 0 Å². The zero-order valence-electron chi connectivity index (χ0n) is 14.7. The van der Waals surface area contributed by atoms with E-state index in [4.69, 9.17) is 4.74 Å². The summed E-state index contributed by atoms with van der Waals surface area (Å²) in [5.74, 6) is 0.248. The molecule has 1 aromatic rings. The van der Waals surface area contributed by atoms with Gasteiger partial charge in [-0.2, -0.15) is 0 Å². The van der Waals surface area contributed by atoms with Crippen LogP contribution in [0.1, 0.15) is 37.2 Å². The van der Waals surface area contributed by atoms with Crippen molar-refractivity contribution in [1.29, 1.82) is 0 Å². The average Bonchev–Trinajstić information content (AvgIpc) is 2.83. The molecule has 1 fully saturated rings. The highest BCUT2D eigenvalue weighted by Crippen LogP contribution is 2.29. The van der Waals surface area contributed by atoms with Crippen LogP contribution in [0.25, 0.3) is 0 Å². The predicted molar refractivity (Wildman–Crippen MR) is 96.4 cm³/mol. The molecule has 0 spiro atoms. The Hall–Kier alpha value is -2.12. The van der Waals surface area contributed by atoms with E-state index in [0.29, 0.717) is 17.9 Å². The first-order chi connectivity index (χ1) is 12.4. The monoisotopic (exact) mass is 377 g/mol. The first-order valence-electron chi connectivity index (χ1n) is 8.70. The summed E-state index contributed by atoms with van der Waals surface area (Å²) >= 11 is 0. The van der Waals surface area contributed by atoms with Gasteiger partial charge in [-0.05, 0) is 55.5 Å². The van der Waals surface area contributed by atoms with E-state index in [0.717, 1.165) is 17.7 Å². The fourth-order valence-corrected chi connectivity index (χ4v) is 5.06. The molecular weight excluding hydrogens is 354 g/mol. The maximum atomic E-state index is 12.9. The van der Waals surface area contributed by atoms with Crippen LogP contribution in [0, 0.1) is 0 Å². The van der Waals surface area contributed by atoms with Crippen molar-refractivity contribution >= 4 is 15.7 Å². The topological polar surface area (TPSA) is 83.9 Å². The highest BCUT2D eigenvalue weighted by Gasteiger charge is 2.37. The Balaban J connectivity index is 1.80. The van der Waals surface area contributed by atoms with Crippen molar-refractivity contribution < 1.29 is 23.2 Å². The van der Waals surface area contributed by atoms with Gasteiger partial charge in [-0.25, -0.2) is 13.5 Å². The van der Waals surface area contributed by atoms with Gasteiger partial charge in [0.2, 0.25) is 0 Å². The molecule has 0 saturated carbocycles. The van der Waals surface area contributed by atoms with E-state index in [2.05, 4.69) is 0 Å². The second-order valence-electron chi connectivity index (χ2n) is 6.57. The van der Waals surface area contributed by atoms with Crippen molar-refractivity contribution in [2.24, 2.45) is 0 Å². The number of hydrogen-bond acceptors (Lipinski definition) is 5. The average molecular weight is 377 g/mol. The van der Waals surface area contributed by atoms with Crippen molar-refractivity contribution in [3.63, 3.8) is 0 Å². The van der Waals surface area contributed by atoms with Crippen LogP contribution in [0.5, 0.6) is 0 Å². The minimum Gasteiger partial charge on any atom is -0.497 e. The molecule has 7 heteroatoms. The lowest BCUT2D eigenvalue weighted by Crippen LogP contribution is -2.39. The number of rotatable bonds is 4. The first-order valence-corrected chi connectivity index (χ1v) is 10.2. The molecule has 1 N–H and O–H groups in total. The number of carbonyl (C=O) groups is 1. The highest BCUT2D eigenvalue weighted by molar-refractivity contribution is 7.92. The van der Waals surface area contributed by atoms with E-state index in [1.807, 2.05) is 18.2 Å². The van der Waals surface area contributed by atoms with Crippen molar-refractivity contribution in [2.75, 3.05) is 13.7 Å². The molecule has 2 aliphatic rings. The SMILES string of the molecule is COC1=CCC(c2ccc(S(=O)(=O)C3CCCCN(O)C3=O)cc2)C=C1. The summed E-state index contributed by atoms with van der Waals surface area (Å²) in [7, 11) is -2.21. The molecule has 1 aliphatic heterocycles. The number of sulfone groups is 1. The van der Waals surface area contributed by atoms with Gasteiger partial charge in [0.25, 0.3) is 5.91 Å². The zero-order chi connectivity index (χ0) is 18.7. The number of hydrogen-bond donors (Lipinski definition) is 1. The summed E-state index contributed by atoms with van der Waals surface area (Å²) in [5.41, 5.74) is 1.00. The molecule has 0 radical (unpaired) electrons. The second-order valence-corrected chi connectivity index (χ2v) is 8.70. The molecule has 0 aromatic heterocycles. The molecule has 1 aromatic carbocycles. The van der Waals surface area contributed by atoms with Crippen LogP contribution in [-0.2, 0) is 19.4 Å². The fraction of sp³-hybridized carbons (Fsp3) is 0.421. The molecule has 0 bridgehead atoms. The number of amides is 1. The molecule has 1 aliphatic carbocycles. The largest absolute Gasteiger partial charge is 0.497 e. The molecule has 26 heavy (non-hydrogen) atoms. The van der Waals surface area contributed by atoms with Gasteiger partial charge in [-0.15, -0.1) is 0 Å². The predicted octanol–water partition coefficient (Wildman–Crippen LogP) is 2.80. The zero-order valence-corrected chi connectivity index (χ0v) is 15.5. The van der Waals surface area contributed by atoms with Crippen LogP contribution < -0.4 is 0 Å². The van der Waals surface area contributed by atoms with Gasteiger partial charge >= 0.3 is 0 Å². The van der Waals surface area contributed by atoms with Crippen LogP contribution in [0.3, 0.4) is 0 Å². The van der Waals surface area contributed by atoms with Crippen LogP contribution in [0.2, 0.25) is 0 Å². The molecular formula is C19H23NO5S. The van der Waals surface area contributed by atoms with Gasteiger partial charge < -0.3 is 4.74 Å². The van der Waals surface area contributed by atoms with E-state index in [1.54, 1.807) is 31.4 Å². The Morgan fingerprint density at radius 2 is 1.92 bits per heavy atom. The third-order valence-electron chi connectivity index (χ3n) is 4.93. The summed E-state index contributed by atoms with van der Waals surface area (Å²) in [4.78, 5) is 12.3. The maximum Gasteiger partial charge on any atom is 0.264 e. The molecule has 2 unspecified atom stereocenters. The van der Waals surface area contributed by atoms with E-state index in [9.17, 15) is 18.4 Å². The quantitative estimate of drug-likeness (QED) is 0.816. The second kappa shape index (κ2) is 7.63. The maximum absolute atomic E-state index is 12.9. The van der Waals surface area contributed by atoms with Gasteiger partial charge in [-0.1, -0.05) is 18.2 Å². The van der Waals surface area contributed by atoms with E-state index in [-0.39, 0.29) is 23.8 Å². The number of hydroxylamine groups is 2. The standard InChI is InChI=1S/C19H23NO5S/c1-25-16-9-5-14(6-10-16)15-7-11-17(12-8-15)26(23,24)18-4-2-3-13-20(22)19(18)21/h5,7-12,14,18,22H,2-4,6,13H2,1H3. The molecule has 3 rings (SSSR count). The Morgan fingerprint density at radius 3 is 2.54 bits per heavy atom. The summed E-state index contributed by atoms with van der Waals surface area (Å²) in [6.45, 7) is 0.175. The van der Waals surface area contributed by atoms with Crippen LogP contribution in [-0.4, -0.2) is 43.5 Å². The minimum atomic E-state index is -3.83. The normalized spacial score (nSPS) is 24.2. The third-order valence-corrected chi connectivity index (χ3v) is 7.04. The number of benzene rings is 1. The Bertz CT molecular complexity index is 826. The van der Waals surface area contributed by atoms with Gasteiger partial charge in [0, 0.05) is 12.5 Å². The molecule has 1 amide bonds. The third kappa shape index (κ3) is 3.68. The molecule has 140 valence electrons. The smallest absolute Gasteiger partial charge is 0.264 e. The number of ether oxygens (including phenoxy) is 1. The lowest BCUT2D eigenvalue weighted by atomic mass is 9.92.